The van der Waals surface area contributed by atoms with Crippen LogP contribution < -0.4 is 5.56 Å². The van der Waals surface area contributed by atoms with E-state index in [9.17, 15) is 4.79 Å². The number of nitrogens with zero attached hydrogens (tertiary/aromatic N) is 1. The van der Waals surface area contributed by atoms with Crippen LogP contribution in [-0.4, -0.2) is 14.9 Å². The molecule has 0 fully saturated rings. The zero-order chi connectivity index (χ0) is 10.8. The van der Waals surface area contributed by atoms with Crippen molar-refractivity contribution in [3.63, 3.8) is 0 Å². The van der Waals surface area contributed by atoms with Gasteiger partial charge in [0, 0.05) is 11.8 Å². The van der Waals surface area contributed by atoms with Crippen LogP contribution in [0.5, 0.6) is 0 Å². The molecule has 0 spiro atoms. The first-order valence-electron chi connectivity index (χ1n) is 4.69. The summed E-state index contributed by atoms with van der Waals surface area (Å²) < 4.78 is 1.67. The van der Waals surface area contributed by atoms with Gasteiger partial charge in [0.2, 0.25) is 0 Å². The minimum atomic E-state index is -0.0822. The minimum absolute atomic E-state index is 0.0293. The summed E-state index contributed by atoms with van der Waals surface area (Å²) in [5.74, 6) is 0. The molecule has 0 amide bonds. The van der Waals surface area contributed by atoms with Crippen molar-refractivity contribution in [1.29, 1.82) is 0 Å². The second-order valence-corrected chi connectivity index (χ2v) is 3.45. The highest BCUT2D eigenvalue weighted by Crippen LogP contribution is 2.08. The number of nitrogens with one attached hydrogen (secondary N) is 1. The number of aromatic amines is 1. The first-order chi connectivity index (χ1) is 7.20. The topological polar surface area (TPSA) is 58.0 Å². The van der Waals surface area contributed by atoms with E-state index in [1.54, 1.807) is 17.8 Å². The van der Waals surface area contributed by atoms with Crippen LogP contribution in [-0.2, 0) is 6.61 Å². The summed E-state index contributed by atoms with van der Waals surface area (Å²) in [7, 11) is 0. The molecule has 1 aromatic heterocycles. The fourth-order valence-electron chi connectivity index (χ4n) is 1.38. The number of benzene rings is 1. The molecule has 78 valence electrons. The lowest BCUT2D eigenvalue weighted by atomic mass is 10.2. The Morgan fingerprint density at radius 1 is 1.33 bits per heavy atom. The van der Waals surface area contributed by atoms with Gasteiger partial charge in [-0.15, -0.1) is 0 Å². The van der Waals surface area contributed by atoms with Gasteiger partial charge in [0.15, 0.2) is 0 Å². The van der Waals surface area contributed by atoms with E-state index in [2.05, 4.69) is 5.10 Å². The second kappa shape index (κ2) is 3.74. The van der Waals surface area contributed by atoms with E-state index in [4.69, 9.17) is 5.11 Å². The number of H-pyrrole nitrogens is 1. The van der Waals surface area contributed by atoms with E-state index in [0.29, 0.717) is 5.56 Å². The summed E-state index contributed by atoms with van der Waals surface area (Å²) in [6.07, 6.45) is 1.75. The molecule has 0 atom stereocenters. The van der Waals surface area contributed by atoms with Gasteiger partial charge in [0.05, 0.1) is 12.3 Å². The van der Waals surface area contributed by atoms with Gasteiger partial charge in [0.1, 0.15) is 0 Å². The van der Waals surface area contributed by atoms with Crippen molar-refractivity contribution in [2.45, 2.75) is 13.5 Å². The zero-order valence-electron chi connectivity index (χ0n) is 8.40. The number of rotatable bonds is 2. The molecular weight excluding hydrogens is 192 g/mol. The maximum atomic E-state index is 11.2. The zero-order valence-corrected chi connectivity index (χ0v) is 8.40. The van der Waals surface area contributed by atoms with Gasteiger partial charge in [-0.1, -0.05) is 12.1 Å². The fourth-order valence-corrected chi connectivity index (χ4v) is 1.38. The number of aliphatic hydroxyl groups excluding tert-OH is 1. The molecule has 0 saturated heterocycles. The Kier molecular flexibility index (Phi) is 2.43. The van der Waals surface area contributed by atoms with Gasteiger partial charge in [-0.3, -0.25) is 14.6 Å². The first kappa shape index (κ1) is 9.73. The van der Waals surface area contributed by atoms with Crippen molar-refractivity contribution in [3.8, 4) is 5.69 Å². The van der Waals surface area contributed by atoms with Gasteiger partial charge in [0.25, 0.3) is 5.56 Å². The Labute approximate surface area is 86.8 Å². The Hall–Kier alpha value is -1.81. The van der Waals surface area contributed by atoms with Crippen LogP contribution in [0.3, 0.4) is 0 Å². The molecular formula is C11H12N2O2. The molecule has 2 aromatic rings. The summed E-state index contributed by atoms with van der Waals surface area (Å²) in [6, 6.07) is 7.34. The van der Waals surface area contributed by atoms with E-state index in [1.165, 1.54) is 0 Å². The molecule has 0 aliphatic rings. The van der Waals surface area contributed by atoms with Crippen molar-refractivity contribution in [1.82, 2.24) is 9.78 Å². The van der Waals surface area contributed by atoms with Gasteiger partial charge < -0.3 is 5.11 Å². The highest BCUT2D eigenvalue weighted by atomic mass is 16.3. The number of aliphatic hydroxyl groups is 1. The lowest BCUT2D eigenvalue weighted by molar-refractivity contribution is 0.282. The van der Waals surface area contributed by atoms with Crippen LogP contribution in [0.1, 0.15) is 11.1 Å². The fraction of sp³-hybridized carbons (Fsp3) is 0.182. The number of hydrogen-bond donors (Lipinski definition) is 2. The maximum Gasteiger partial charge on any atom is 0.267 e. The van der Waals surface area contributed by atoms with Crippen LogP contribution in [0.4, 0.5) is 0 Å². The smallest absolute Gasteiger partial charge is 0.267 e. The third-order valence-corrected chi connectivity index (χ3v) is 2.30. The largest absolute Gasteiger partial charge is 0.392 e. The summed E-state index contributed by atoms with van der Waals surface area (Å²) in [6.45, 7) is 1.79. The molecule has 0 unspecified atom stereocenters. The quantitative estimate of drug-likeness (QED) is 0.765. The van der Waals surface area contributed by atoms with Gasteiger partial charge >= 0.3 is 0 Å². The summed E-state index contributed by atoms with van der Waals surface area (Å²) in [5.41, 5.74) is 2.32. The van der Waals surface area contributed by atoms with E-state index >= 15 is 0 Å². The van der Waals surface area contributed by atoms with E-state index in [-0.39, 0.29) is 12.2 Å². The minimum Gasteiger partial charge on any atom is -0.392 e. The van der Waals surface area contributed by atoms with Crippen LogP contribution in [0.15, 0.2) is 35.3 Å². The molecule has 2 rings (SSSR count). The molecule has 1 aromatic carbocycles. The lowest BCUT2D eigenvalue weighted by Crippen LogP contribution is -2.05. The molecule has 0 aliphatic heterocycles. The molecule has 0 bridgehead atoms. The van der Waals surface area contributed by atoms with E-state index in [0.717, 1.165) is 11.3 Å². The molecule has 0 aliphatic carbocycles. The van der Waals surface area contributed by atoms with E-state index in [1.807, 2.05) is 24.3 Å². The molecule has 4 heteroatoms. The number of aryl methyl sites for hydroxylation is 1. The first-order valence-corrected chi connectivity index (χ1v) is 4.69. The number of aromatic nitrogens is 2. The van der Waals surface area contributed by atoms with E-state index < -0.39 is 0 Å². The van der Waals surface area contributed by atoms with Crippen molar-refractivity contribution in [2.24, 2.45) is 0 Å². The van der Waals surface area contributed by atoms with Gasteiger partial charge in [-0.2, -0.15) is 0 Å². The molecule has 1 heterocycles. The van der Waals surface area contributed by atoms with Crippen LogP contribution in [0.2, 0.25) is 0 Å². The summed E-state index contributed by atoms with van der Waals surface area (Å²) >= 11 is 0. The normalized spacial score (nSPS) is 10.5. The van der Waals surface area contributed by atoms with Crippen molar-refractivity contribution < 1.29 is 5.11 Å². The standard InChI is InChI=1S/C11H12N2O2/c1-8-6-13(12-11(8)15)10-4-2-9(7-14)3-5-10/h2-6,14H,7H2,1H3,(H,12,15). The Morgan fingerprint density at radius 3 is 2.47 bits per heavy atom. The summed E-state index contributed by atoms with van der Waals surface area (Å²) in [4.78, 5) is 11.2. The molecule has 15 heavy (non-hydrogen) atoms. The SMILES string of the molecule is Cc1cn(-c2ccc(CO)cc2)[nH]c1=O. The predicted octanol–water partition coefficient (Wildman–Crippen LogP) is 0.966. The average molecular weight is 204 g/mol. The van der Waals surface area contributed by atoms with Crippen LogP contribution in [0, 0.1) is 6.92 Å². The molecule has 4 nitrogen and oxygen atoms in total. The van der Waals surface area contributed by atoms with Gasteiger partial charge in [-0.05, 0) is 24.6 Å². The average Bonchev–Trinajstić information content (AvgIpc) is 2.59. The predicted molar refractivity (Wildman–Crippen MR) is 57.0 cm³/mol. The molecule has 2 N–H and O–H groups in total. The van der Waals surface area contributed by atoms with Crippen LogP contribution in [0.25, 0.3) is 5.69 Å². The van der Waals surface area contributed by atoms with Crippen molar-refractivity contribution in [3.05, 3.63) is 51.9 Å². The Bertz CT molecular complexity index is 508. The monoisotopic (exact) mass is 204 g/mol. The highest BCUT2D eigenvalue weighted by molar-refractivity contribution is 5.34. The third-order valence-electron chi connectivity index (χ3n) is 2.30. The third kappa shape index (κ3) is 1.85. The Morgan fingerprint density at radius 2 is 2.00 bits per heavy atom. The van der Waals surface area contributed by atoms with Crippen LogP contribution >= 0.6 is 0 Å². The molecule has 0 radical (unpaired) electrons. The van der Waals surface area contributed by atoms with Crippen molar-refractivity contribution >= 4 is 0 Å². The van der Waals surface area contributed by atoms with Gasteiger partial charge in [-0.25, -0.2) is 0 Å². The molecule has 0 saturated carbocycles. The van der Waals surface area contributed by atoms with Crippen molar-refractivity contribution in [2.75, 3.05) is 0 Å². The lowest BCUT2D eigenvalue weighted by Gasteiger charge is -2.02. The Balaban J connectivity index is 2.41. The maximum absolute atomic E-state index is 11.2. The second-order valence-electron chi connectivity index (χ2n) is 3.45. The highest BCUT2D eigenvalue weighted by Gasteiger charge is 2.00. The number of hydrogen-bond acceptors (Lipinski definition) is 2. The summed E-state index contributed by atoms with van der Waals surface area (Å²) in [5, 5.41) is 11.6.